The Hall–Kier alpha value is -1.81. The van der Waals surface area contributed by atoms with Gasteiger partial charge >= 0.3 is 5.97 Å². The minimum atomic E-state index is -0.884. The van der Waals surface area contributed by atoms with Gasteiger partial charge in [0.15, 0.2) is 0 Å². The molecular formula is C15H16O3S. The Morgan fingerprint density at radius 2 is 1.79 bits per heavy atom. The zero-order chi connectivity index (χ0) is 14.0. The largest absolute Gasteiger partial charge is 0.489 e. The first-order valence-corrected chi connectivity index (χ1v) is 6.81. The van der Waals surface area contributed by atoms with E-state index in [9.17, 15) is 4.79 Å². The van der Waals surface area contributed by atoms with Crippen LogP contribution in [0.15, 0.2) is 24.3 Å². The second-order valence-corrected chi connectivity index (χ2v) is 5.87. The summed E-state index contributed by atoms with van der Waals surface area (Å²) in [6.45, 7) is 6.37. The third kappa shape index (κ3) is 3.35. The molecular weight excluding hydrogens is 260 g/mol. The number of carbonyl (C=O) groups is 1. The van der Waals surface area contributed by atoms with E-state index in [-0.39, 0.29) is 0 Å². The predicted octanol–water partition coefficient (Wildman–Crippen LogP) is 3.95. The molecule has 0 saturated carbocycles. The first kappa shape index (κ1) is 13.6. The van der Waals surface area contributed by atoms with Crippen LogP contribution in [-0.2, 0) is 6.61 Å². The van der Waals surface area contributed by atoms with Gasteiger partial charge in [-0.05, 0) is 50.1 Å². The Labute approximate surface area is 116 Å². The van der Waals surface area contributed by atoms with Crippen molar-refractivity contribution in [2.24, 2.45) is 0 Å². The summed E-state index contributed by atoms with van der Waals surface area (Å²) in [6.07, 6.45) is 0. The number of thiophene rings is 1. The van der Waals surface area contributed by atoms with Gasteiger partial charge in [-0.2, -0.15) is 0 Å². The summed E-state index contributed by atoms with van der Waals surface area (Å²) in [5.41, 5.74) is 3.24. The van der Waals surface area contributed by atoms with E-state index in [1.54, 1.807) is 6.07 Å². The fraction of sp³-hybridized carbons (Fsp3) is 0.267. The highest BCUT2D eigenvalue weighted by Gasteiger charge is 2.11. The van der Waals surface area contributed by atoms with Crippen molar-refractivity contribution in [3.8, 4) is 5.75 Å². The van der Waals surface area contributed by atoms with Crippen LogP contribution < -0.4 is 4.74 Å². The second-order valence-electron chi connectivity index (χ2n) is 4.61. The standard InChI is InChI=1S/C15H16O3S/c1-9-4-10(2)6-13(5-9)18-8-12-7-14(15(16)17)19-11(12)3/h4-7H,8H2,1-3H3,(H,16,17). The Balaban J connectivity index is 2.12. The van der Waals surface area contributed by atoms with Crippen molar-refractivity contribution in [2.45, 2.75) is 27.4 Å². The summed E-state index contributed by atoms with van der Waals surface area (Å²) in [7, 11) is 0. The monoisotopic (exact) mass is 276 g/mol. The lowest BCUT2D eigenvalue weighted by molar-refractivity contribution is 0.0702. The van der Waals surface area contributed by atoms with Crippen LogP contribution in [0.25, 0.3) is 0 Å². The van der Waals surface area contributed by atoms with E-state index in [1.165, 1.54) is 11.3 Å². The maximum absolute atomic E-state index is 10.9. The van der Waals surface area contributed by atoms with E-state index in [0.717, 1.165) is 27.3 Å². The van der Waals surface area contributed by atoms with Gasteiger partial charge in [-0.25, -0.2) is 4.79 Å². The molecule has 0 fully saturated rings. The molecule has 0 amide bonds. The van der Waals surface area contributed by atoms with Crippen LogP contribution >= 0.6 is 11.3 Å². The lowest BCUT2D eigenvalue weighted by Gasteiger charge is -2.08. The number of carboxylic acids is 1. The fourth-order valence-electron chi connectivity index (χ4n) is 1.95. The van der Waals surface area contributed by atoms with Crippen molar-refractivity contribution >= 4 is 17.3 Å². The van der Waals surface area contributed by atoms with Crippen LogP contribution in [0.2, 0.25) is 0 Å². The Kier molecular flexibility index (Phi) is 3.90. The smallest absolute Gasteiger partial charge is 0.345 e. The van der Waals surface area contributed by atoms with Crippen LogP contribution in [-0.4, -0.2) is 11.1 Å². The van der Waals surface area contributed by atoms with Gasteiger partial charge in [0.25, 0.3) is 0 Å². The topological polar surface area (TPSA) is 46.5 Å². The van der Waals surface area contributed by atoms with E-state index < -0.39 is 5.97 Å². The molecule has 0 saturated heterocycles. The zero-order valence-corrected chi connectivity index (χ0v) is 12.0. The normalized spacial score (nSPS) is 10.5. The quantitative estimate of drug-likeness (QED) is 0.919. The Bertz CT molecular complexity index is 594. The highest BCUT2D eigenvalue weighted by molar-refractivity contribution is 7.14. The molecule has 100 valence electrons. The van der Waals surface area contributed by atoms with Crippen LogP contribution in [0.1, 0.15) is 31.2 Å². The van der Waals surface area contributed by atoms with Crippen molar-refractivity contribution in [2.75, 3.05) is 0 Å². The van der Waals surface area contributed by atoms with E-state index in [4.69, 9.17) is 9.84 Å². The highest BCUT2D eigenvalue weighted by Crippen LogP contribution is 2.24. The van der Waals surface area contributed by atoms with Gasteiger partial charge < -0.3 is 9.84 Å². The van der Waals surface area contributed by atoms with Gasteiger partial charge in [-0.3, -0.25) is 0 Å². The van der Waals surface area contributed by atoms with Gasteiger partial charge in [0, 0.05) is 10.4 Å². The van der Waals surface area contributed by atoms with Gasteiger partial charge in [0.2, 0.25) is 0 Å². The molecule has 0 aliphatic heterocycles. The maximum Gasteiger partial charge on any atom is 0.345 e. The summed E-state index contributed by atoms with van der Waals surface area (Å²) in [6, 6.07) is 7.73. The van der Waals surface area contributed by atoms with E-state index >= 15 is 0 Å². The molecule has 4 heteroatoms. The average molecular weight is 276 g/mol. The van der Waals surface area contributed by atoms with Crippen LogP contribution in [0.5, 0.6) is 5.75 Å². The maximum atomic E-state index is 10.9. The highest BCUT2D eigenvalue weighted by atomic mass is 32.1. The number of aromatic carboxylic acids is 1. The minimum absolute atomic E-state index is 0.358. The molecule has 0 spiro atoms. The van der Waals surface area contributed by atoms with Crippen LogP contribution in [0.4, 0.5) is 0 Å². The molecule has 1 aromatic heterocycles. The molecule has 0 atom stereocenters. The Morgan fingerprint density at radius 1 is 1.16 bits per heavy atom. The number of aryl methyl sites for hydroxylation is 3. The molecule has 1 heterocycles. The molecule has 0 radical (unpaired) electrons. The fourth-order valence-corrected chi connectivity index (χ4v) is 2.81. The first-order chi connectivity index (χ1) is 8.95. The Morgan fingerprint density at radius 3 is 2.32 bits per heavy atom. The SMILES string of the molecule is Cc1cc(C)cc(OCc2cc(C(=O)O)sc2C)c1. The molecule has 1 aromatic carbocycles. The summed E-state index contributed by atoms with van der Waals surface area (Å²) in [5, 5.41) is 8.95. The molecule has 1 N–H and O–H groups in total. The molecule has 3 nitrogen and oxygen atoms in total. The van der Waals surface area contributed by atoms with Crippen molar-refractivity contribution in [1.29, 1.82) is 0 Å². The molecule has 0 aliphatic rings. The van der Waals surface area contributed by atoms with Crippen molar-refractivity contribution in [3.63, 3.8) is 0 Å². The van der Waals surface area contributed by atoms with Crippen molar-refractivity contribution < 1.29 is 14.6 Å². The summed E-state index contributed by atoms with van der Waals surface area (Å²) >= 11 is 1.28. The number of ether oxygens (including phenoxy) is 1. The molecule has 0 aliphatic carbocycles. The van der Waals surface area contributed by atoms with Crippen molar-refractivity contribution in [1.82, 2.24) is 0 Å². The molecule has 19 heavy (non-hydrogen) atoms. The summed E-state index contributed by atoms with van der Waals surface area (Å²) in [4.78, 5) is 12.2. The van der Waals surface area contributed by atoms with Gasteiger partial charge in [0.05, 0.1) is 0 Å². The van der Waals surface area contributed by atoms with Crippen LogP contribution in [0.3, 0.4) is 0 Å². The lowest BCUT2D eigenvalue weighted by atomic mass is 10.1. The first-order valence-electron chi connectivity index (χ1n) is 5.99. The number of benzene rings is 1. The van der Waals surface area contributed by atoms with Gasteiger partial charge in [-0.15, -0.1) is 11.3 Å². The third-order valence-corrected chi connectivity index (χ3v) is 3.90. The number of hydrogen-bond acceptors (Lipinski definition) is 3. The molecule has 2 aromatic rings. The number of rotatable bonds is 4. The summed E-state index contributed by atoms with van der Waals surface area (Å²) in [5.74, 6) is -0.0641. The zero-order valence-electron chi connectivity index (χ0n) is 11.2. The number of hydrogen-bond donors (Lipinski definition) is 1. The minimum Gasteiger partial charge on any atom is -0.489 e. The third-order valence-electron chi connectivity index (χ3n) is 2.82. The van der Waals surface area contributed by atoms with Gasteiger partial charge in [0.1, 0.15) is 17.2 Å². The van der Waals surface area contributed by atoms with Gasteiger partial charge in [-0.1, -0.05) is 6.07 Å². The molecule has 2 rings (SSSR count). The van der Waals surface area contributed by atoms with E-state index in [1.807, 2.05) is 32.9 Å². The molecule has 0 unspecified atom stereocenters. The lowest BCUT2D eigenvalue weighted by Crippen LogP contribution is -1.96. The second kappa shape index (κ2) is 5.45. The number of carboxylic acid groups (broad SMARTS) is 1. The molecule has 0 bridgehead atoms. The van der Waals surface area contributed by atoms with E-state index in [0.29, 0.717) is 11.5 Å². The predicted molar refractivity (Wildman–Crippen MR) is 76.3 cm³/mol. The summed E-state index contributed by atoms with van der Waals surface area (Å²) < 4.78 is 5.74. The average Bonchev–Trinajstić information content (AvgIpc) is 2.67. The van der Waals surface area contributed by atoms with E-state index in [2.05, 4.69) is 6.07 Å². The van der Waals surface area contributed by atoms with Crippen molar-refractivity contribution in [3.05, 3.63) is 50.7 Å². The van der Waals surface area contributed by atoms with Crippen LogP contribution in [0, 0.1) is 20.8 Å².